The Morgan fingerprint density at radius 3 is 2.70 bits per heavy atom. The first-order valence-electron chi connectivity index (χ1n) is 6.55. The van der Waals surface area contributed by atoms with Gasteiger partial charge in [0.2, 0.25) is 5.91 Å². The van der Waals surface area contributed by atoms with Crippen LogP contribution in [0.5, 0.6) is 0 Å². The minimum absolute atomic E-state index is 0.0526. The Labute approximate surface area is 132 Å². The number of nitrogens with zero attached hydrogens (tertiary/aromatic N) is 1. The summed E-state index contributed by atoms with van der Waals surface area (Å²) in [6.45, 7) is 1.82. The van der Waals surface area contributed by atoms with Gasteiger partial charge in [-0.25, -0.2) is 4.79 Å². The lowest BCUT2D eigenvalue weighted by Crippen LogP contribution is -2.54. The van der Waals surface area contributed by atoms with Crippen molar-refractivity contribution in [3.63, 3.8) is 0 Å². The van der Waals surface area contributed by atoms with Crippen LogP contribution in [0.2, 0.25) is 0 Å². The van der Waals surface area contributed by atoms with Crippen LogP contribution in [0.3, 0.4) is 0 Å². The van der Waals surface area contributed by atoms with Crippen LogP contribution in [0.4, 0.5) is 4.79 Å². The number of carbonyl (C=O) groups is 2. The maximum atomic E-state index is 12.6. The summed E-state index contributed by atoms with van der Waals surface area (Å²) >= 11 is 7.72. The van der Waals surface area contributed by atoms with Gasteiger partial charge in [0.1, 0.15) is 0 Å². The van der Waals surface area contributed by atoms with E-state index in [0.29, 0.717) is 11.5 Å². The van der Waals surface area contributed by atoms with E-state index < -0.39 is 12.4 Å². The van der Waals surface area contributed by atoms with Crippen molar-refractivity contribution < 1.29 is 19.4 Å². The Balaban J connectivity index is 2.23. The zero-order valence-corrected chi connectivity index (χ0v) is 13.8. The van der Waals surface area contributed by atoms with Crippen LogP contribution in [-0.2, 0) is 9.53 Å². The number of ether oxygens (including phenoxy) is 1. The summed E-state index contributed by atoms with van der Waals surface area (Å²) in [4.78, 5) is 24.9. The molecule has 2 aliphatic rings. The van der Waals surface area contributed by atoms with E-state index in [0.717, 1.165) is 24.3 Å². The van der Waals surface area contributed by atoms with Crippen molar-refractivity contribution >= 4 is 48.2 Å². The van der Waals surface area contributed by atoms with Gasteiger partial charge in [-0.1, -0.05) is 6.92 Å². The van der Waals surface area contributed by atoms with Crippen molar-refractivity contribution in [2.75, 3.05) is 23.0 Å². The summed E-state index contributed by atoms with van der Waals surface area (Å²) in [5.41, 5.74) is 0. The fourth-order valence-electron chi connectivity index (χ4n) is 2.57. The van der Waals surface area contributed by atoms with E-state index in [1.807, 2.05) is 18.7 Å². The summed E-state index contributed by atoms with van der Waals surface area (Å²) in [5.74, 6) is 2.66. The van der Waals surface area contributed by atoms with Crippen LogP contribution in [-0.4, -0.2) is 56.2 Å². The van der Waals surface area contributed by atoms with E-state index in [4.69, 9.17) is 9.84 Å². The number of carbonyl (C=O) groups excluding carboxylic acids is 1. The predicted octanol–water partition coefficient (Wildman–Crippen LogP) is 2.37. The van der Waals surface area contributed by atoms with Crippen LogP contribution in [0.15, 0.2) is 0 Å². The molecule has 2 atom stereocenters. The SMILES string of the molecule is C[C@H](CS)C(=O)N1[C@H](OC(=O)O)CSC12CCSCC2. The molecule has 2 fully saturated rings. The zero-order valence-electron chi connectivity index (χ0n) is 11.3. The molecule has 0 bridgehead atoms. The van der Waals surface area contributed by atoms with E-state index in [2.05, 4.69) is 12.6 Å². The van der Waals surface area contributed by atoms with Crippen molar-refractivity contribution in [3.8, 4) is 0 Å². The summed E-state index contributed by atoms with van der Waals surface area (Å²) in [7, 11) is 0. The third kappa shape index (κ3) is 3.17. The predicted molar refractivity (Wildman–Crippen MR) is 84.5 cm³/mol. The second-order valence-corrected chi connectivity index (χ2v) is 7.97. The highest BCUT2D eigenvalue weighted by Crippen LogP contribution is 2.48. The van der Waals surface area contributed by atoms with E-state index in [-0.39, 0.29) is 16.7 Å². The molecule has 1 amide bonds. The van der Waals surface area contributed by atoms with Crippen molar-refractivity contribution in [2.24, 2.45) is 5.92 Å². The molecule has 20 heavy (non-hydrogen) atoms. The molecule has 1 spiro atoms. The Hall–Kier alpha value is -0.210. The number of thioether (sulfide) groups is 2. The highest BCUT2D eigenvalue weighted by atomic mass is 32.2. The minimum atomic E-state index is -1.32. The van der Waals surface area contributed by atoms with Gasteiger partial charge in [0.15, 0.2) is 6.23 Å². The molecule has 0 aliphatic carbocycles. The van der Waals surface area contributed by atoms with Gasteiger partial charge >= 0.3 is 6.16 Å². The van der Waals surface area contributed by atoms with E-state index in [1.165, 1.54) is 0 Å². The van der Waals surface area contributed by atoms with Crippen LogP contribution < -0.4 is 0 Å². The summed E-state index contributed by atoms with van der Waals surface area (Å²) in [5, 5.41) is 8.87. The van der Waals surface area contributed by atoms with Crippen molar-refractivity contribution in [1.82, 2.24) is 4.90 Å². The Kier molecular flexibility index (Phi) is 5.42. The maximum absolute atomic E-state index is 12.6. The van der Waals surface area contributed by atoms with Gasteiger partial charge in [0.05, 0.1) is 10.6 Å². The van der Waals surface area contributed by atoms with Gasteiger partial charge < -0.3 is 9.84 Å². The monoisotopic (exact) mass is 337 g/mol. The molecule has 2 saturated heterocycles. The Morgan fingerprint density at radius 1 is 1.50 bits per heavy atom. The molecule has 2 heterocycles. The molecule has 0 radical (unpaired) electrons. The number of rotatable bonds is 3. The zero-order chi connectivity index (χ0) is 14.8. The number of hydrogen-bond acceptors (Lipinski definition) is 6. The molecule has 0 unspecified atom stereocenters. The number of amides is 1. The van der Waals surface area contributed by atoms with Crippen molar-refractivity contribution in [2.45, 2.75) is 30.9 Å². The molecular formula is C12H19NO4S3. The molecule has 0 aromatic heterocycles. The third-order valence-corrected chi connectivity index (χ3v) is 6.79. The topological polar surface area (TPSA) is 66.8 Å². The van der Waals surface area contributed by atoms with Gasteiger partial charge in [-0.2, -0.15) is 24.4 Å². The largest absolute Gasteiger partial charge is 0.507 e. The normalized spacial score (nSPS) is 26.5. The van der Waals surface area contributed by atoms with Crippen molar-refractivity contribution in [3.05, 3.63) is 0 Å². The molecule has 1 N–H and O–H groups in total. The Morgan fingerprint density at radius 2 is 2.15 bits per heavy atom. The Bertz CT molecular complexity index is 387. The number of thiol groups is 1. The smallest absolute Gasteiger partial charge is 0.450 e. The van der Waals surface area contributed by atoms with E-state index in [1.54, 1.807) is 16.7 Å². The van der Waals surface area contributed by atoms with Crippen molar-refractivity contribution in [1.29, 1.82) is 0 Å². The highest BCUT2D eigenvalue weighted by Gasteiger charge is 2.52. The summed E-state index contributed by atoms with van der Waals surface area (Å²) in [6, 6.07) is 0. The van der Waals surface area contributed by atoms with Gasteiger partial charge in [0, 0.05) is 11.7 Å². The average molecular weight is 337 g/mol. The van der Waals surface area contributed by atoms with Crippen LogP contribution in [0.1, 0.15) is 19.8 Å². The summed E-state index contributed by atoms with van der Waals surface area (Å²) in [6.07, 6.45) is -0.232. The molecule has 8 heteroatoms. The van der Waals surface area contributed by atoms with Gasteiger partial charge in [-0.05, 0) is 24.3 Å². The molecule has 2 rings (SSSR count). The second-order valence-electron chi connectivity index (χ2n) is 5.00. The fourth-order valence-corrected chi connectivity index (χ4v) is 5.66. The quantitative estimate of drug-likeness (QED) is 0.609. The average Bonchev–Trinajstić information content (AvgIpc) is 2.75. The van der Waals surface area contributed by atoms with Crippen LogP contribution >= 0.6 is 36.2 Å². The first-order chi connectivity index (χ1) is 9.50. The lowest BCUT2D eigenvalue weighted by Gasteiger charge is -2.42. The lowest BCUT2D eigenvalue weighted by atomic mass is 10.1. The van der Waals surface area contributed by atoms with Crippen LogP contribution in [0, 0.1) is 5.92 Å². The van der Waals surface area contributed by atoms with Gasteiger partial charge in [0.25, 0.3) is 0 Å². The molecular weight excluding hydrogens is 318 g/mol. The maximum Gasteiger partial charge on any atom is 0.507 e. The highest BCUT2D eigenvalue weighted by molar-refractivity contribution is 8.01. The molecule has 0 saturated carbocycles. The molecule has 114 valence electrons. The van der Waals surface area contributed by atoms with Gasteiger partial charge in [-0.3, -0.25) is 9.69 Å². The molecule has 0 aromatic carbocycles. The second kappa shape index (κ2) is 6.70. The standard InChI is InChI=1S/C12H19NO4S3/c1-8(6-18)10(14)13-9(17-11(15)16)7-20-12(13)2-4-19-5-3-12/h8-9,18H,2-7H2,1H3,(H,15,16)/t8-,9-/m1/s1. The van der Waals surface area contributed by atoms with E-state index in [9.17, 15) is 9.59 Å². The molecule has 2 aliphatic heterocycles. The number of carboxylic acid groups (broad SMARTS) is 1. The molecule has 5 nitrogen and oxygen atoms in total. The van der Waals surface area contributed by atoms with Gasteiger partial charge in [-0.15, -0.1) is 11.8 Å². The first-order valence-corrected chi connectivity index (χ1v) is 9.33. The lowest BCUT2D eigenvalue weighted by molar-refractivity contribution is -0.148. The minimum Gasteiger partial charge on any atom is -0.450 e. The fraction of sp³-hybridized carbons (Fsp3) is 0.833. The molecule has 0 aromatic rings. The summed E-state index contributed by atoms with van der Waals surface area (Å²) < 4.78 is 4.94. The third-order valence-electron chi connectivity index (χ3n) is 3.67. The first kappa shape index (κ1) is 16.2. The van der Waals surface area contributed by atoms with Crippen LogP contribution in [0.25, 0.3) is 0 Å². The van der Waals surface area contributed by atoms with E-state index >= 15 is 0 Å². The number of hydrogen-bond donors (Lipinski definition) is 2.